The average molecular weight is 270 g/mol. The molecule has 3 unspecified atom stereocenters. The van der Waals surface area contributed by atoms with Gasteiger partial charge in [0.05, 0.1) is 0 Å². The highest BCUT2D eigenvalue weighted by Crippen LogP contribution is 2.34. The van der Waals surface area contributed by atoms with E-state index in [2.05, 4.69) is 49.0 Å². The Bertz CT molecular complexity index is 262. The van der Waals surface area contributed by atoms with E-state index in [9.17, 15) is 0 Å². The van der Waals surface area contributed by atoms with Crippen LogP contribution in [0.25, 0.3) is 0 Å². The smallest absolute Gasteiger partial charge is 0.0214 e. The molecule has 0 spiro atoms. The maximum Gasteiger partial charge on any atom is 0.0214 e. The van der Waals surface area contributed by atoms with E-state index in [0.717, 1.165) is 17.2 Å². The van der Waals surface area contributed by atoms with Crippen LogP contribution in [0.4, 0.5) is 0 Å². The molecule has 1 aliphatic carbocycles. The summed E-state index contributed by atoms with van der Waals surface area (Å²) in [5.41, 5.74) is 0.266. The molecule has 1 saturated heterocycles. The number of nitrogens with one attached hydrogen (secondary N) is 1. The molecule has 0 aromatic carbocycles. The molecule has 1 saturated carbocycles. The second-order valence-corrected chi connectivity index (χ2v) is 8.13. The zero-order valence-corrected chi connectivity index (χ0v) is 13.4. The van der Waals surface area contributed by atoms with E-state index in [0.29, 0.717) is 0 Å². The minimum atomic E-state index is 0.266. The first-order valence-corrected chi connectivity index (χ1v) is 8.80. The maximum atomic E-state index is 3.67. The normalized spacial score (nSPS) is 34.3. The summed E-state index contributed by atoms with van der Waals surface area (Å²) >= 11 is 2.09. The fraction of sp³-hybridized carbons (Fsp3) is 1.00. The SMILES string of the molecule is CSC1CCCC1N1CCC(CNC(C)(C)C)C1. The van der Waals surface area contributed by atoms with Crippen molar-refractivity contribution >= 4 is 11.8 Å². The quantitative estimate of drug-likeness (QED) is 0.845. The Morgan fingerprint density at radius 2 is 2.00 bits per heavy atom. The van der Waals surface area contributed by atoms with Crippen molar-refractivity contribution in [2.24, 2.45) is 5.92 Å². The molecule has 0 aromatic rings. The lowest BCUT2D eigenvalue weighted by molar-refractivity contribution is 0.238. The third-order valence-corrected chi connectivity index (χ3v) is 5.58. The summed E-state index contributed by atoms with van der Waals surface area (Å²) in [5.74, 6) is 0.868. The van der Waals surface area contributed by atoms with Crippen LogP contribution in [-0.4, -0.2) is 47.6 Å². The predicted molar refractivity (Wildman–Crippen MR) is 82.4 cm³/mol. The lowest BCUT2D eigenvalue weighted by Gasteiger charge is -2.29. The fourth-order valence-electron chi connectivity index (χ4n) is 3.38. The van der Waals surface area contributed by atoms with E-state index in [1.165, 1.54) is 45.3 Å². The number of thioether (sulfide) groups is 1. The average Bonchev–Trinajstić information content (AvgIpc) is 2.93. The van der Waals surface area contributed by atoms with Crippen LogP contribution >= 0.6 is 11.8 Å². The second-order valence-electron chi connectivity index (χ2n) is 7.05. The van der Waals surface area contributed by atoms with E-state index in [-0.39, 0.29) is 5.54 Å². The van der Waals surface area contributed by atoms with Gasteiger partial charge in [-0.1, -0.05) is 6.42 Å². The molecule has 3 heteroatoms. The van der Waals surface area contributed by atoms with Crippen LogP contribution in [0.15, 0.2) is 0 Å². The first-order valence-electron chi connectivity index (χ1n) is 7.51. The highest BCUT2D eigenvalue weighted by molar-refractivity contribution is 7.99. The molecule has 0 aromatic heterocycles. The minimum absolute atomic E-state index is 0.266. The summed E-state index contributed by atoms with van der Waals surface area (Å²) in [5, 5.41) is 4.57. The first kappa shape index (κ1) is 14.7. The van der Waals surface area contributed by atoms with E-state index >= 15 is 0 Å². The van der Waals surface area contributed by atoms with Crippen molar-refractivity contribution in [3.63, 3.8) is 0 Å². The van der Waals surface area contributed by atoms with Crippen LogP contribution in [0.3, 0.4) is 0 Å². The predicted octanol–water partition coefficient (Wildman–Crippen LogP) is 2.98. The van der Waals surface area contributed by atoms with Gasteiger partial charge in [-0.15, -0.1) is 0 Å². The Balaban J connectivity index is 1.77. The third kappa shape index (κ3) is 3.88. The Labute approximate surface area is 117 Å². The topological polar surface area (TPSA) is 15.3 Å². The van der Waals surface area contributed by atoms with E-state index < -0.39 is 0 Å². The van der Waals surface area contributed by atoms with Crippen LogP contribution < -0.4 is 5.32 Å². The number of hydrogen-bond acceptors (Lipinski definition) is 3. The van der Waals surface area contributed by atoms with Gasteiger partial charge in [0.2, 0.25) is 0 Å². The zero-order chi connectivity index (χ0) is 13.2. The van der Waals surface area contributed by atoms with Gasteiger partial charge in [0.1, 0.15) is 0 Å². The van der Waals surface area contributed by atoms with Crippen molar-refractivity contribution in [3.05, 3.63) is 0 Å². The van der Waals surface area contributed by atoms with Gasteiger partial charge < -0.3 is 5.32 Å². The van der Waals surface area contributed by atoms with Gasteiger partial charge in [-0.05, 0) is 65.3 Å². The first-order chi connectivity index (χ1) is 8.49. The van der Waals surface area contributed by atoms with Gasteiger partial charge >= 0.3 is 0 Å². The highest BCUT2D eigenvalue weighted by Gasteiger charge is 2.35. The molecule has 1 N–H and O–H groups in total. The molecule has 0 radical (unpaired) electrons. The summed E-state index contributed by atoms with van der Waals surface area (Å²) in [7, 11) is 0. The number of nitrogens with zero attached hydrogens (tertiary/aromatic N) is 1. The molecule has 2 aliphatic rings. The largest absolute Gasteiger partial charge is 0.312 e. The van der Waals surface area contributed by atoms with Gasteiger partial charge in [0, 0.05) is 23.4 Å². The van der Waals surface area contributed by atoms with Crippen molar-refractivity contribution in [1.29, 1.82) is 0 Å². The molecular weight excluding hydrogens is 240 g/mol. The van der Waals surface area contributed by atoms with Crippen LogP contribution in [0, 0.1) is 5.92 Å². The molecule has 2 rings (SSSR count). The molecule has 2 nitrogen and oxygen atoms in total. The zero-order valence-electron chi connectivity index (χ0n) is 12.5. The van der Waals surface area contributed by atoms with Gasteiger partial charge in [0.15, 0.2) is 0 Å². The van der Waals surface area contributed by atoms with E-state index in [1.54, 1.807) is 0 Å². The molecule has 0 bridgehead atoms. The van der Waals surface area contributed by atoms with Gasteiger partial charge in [-0.25, -0.2) is 0 Å². The molecular formula is C15H30N2S. The monoisotopic (exact) mass is 270 g/mol. The Morgan fingerprint density at radius 1 is 1.22 bits per heavy atom. The van der Waals surface area contributed by atoms with Crippen LogP contribution in [0.5, 0.6) is 0 Å². The fourth-order valence-corrected chi connectivity index (χ4v) is 4.40. The van der Waals surface area contributed by atoms with Crippen molar-refractivity contribution in [2.45, 2.75) is 63.3 Å². The van der Waals surface area contributed by atoms with Crippen molar-refractivity contribution in [3.8, 4) is 0 Å². The standard InChI is InChI=1S/C15H30N2S/c1-15(2,3)16-10-12-8-9-17(11-12)13-6-5-7-14(13)18-4/h12-14,16H,5-11H2,1-4H3. The summed E-state index contributed by atoms with van der Waals surface area (Å²) in [6.45, 7) is 10.6. The van der Waals surface area contributed by atoms with Gasteiger partial charge in [-0.2, -0.15) is 11.8 Å². The van der Waals surface area contributed by atoms with Crippen LogP contribution in [0.2, 0.25) is 0 Å². The lowest BCUT2D eigenvalue weighted by Crippen LogP contribution is -2.41. The van der Waals surface area contributed by atoms with Gasteiger partial charge in [0.25, 0.3) is 0 Å². The molecule has 2 fully saturated rings. The molecule has 106 valence electrons. The van der Waals surface area contributed by atoms with Gasteiger partial charge in [-0.3, -0.25) is 4.90 Å². The van der Waals surface area contributed by atoms with Crippen molar-refractivity contribution in [1.82, 2.24) is 10.2 Å². The number of likely N-dealkylation sites (tertiary alicyclic amines) is 1. The highest BCUT2D eigenvalue weighted by atomic mass is 32.2. The van der Waals surface area contributed by atoms with E-state index in [4.69, 9.17) is 0 Å². The minimum Gasteiger partial charge on any atom is -0.312 e. The molecule has 18 heavy (non-hydrogen) atoms. The van der Waals surface area contributed by atoms with Crippen molar-refractivity contribution < 1.29 is 0 Å². The summed E-state index contributed by atoms with van der Waals surface area (Å²) in [4.78, 5) is 2.78. The summed E-state index contributed by atoms with van der Waals surface area (Å²) in [6.07, 6.45) is 7.99. The third-order valence-electron chi connectivity index (χ3n) is 4.43. The Kier molecular flexibility index (Phi) is 5.01. The molecule has 3 atom stereocenters. The second kappa shape index (κ2) is 6.15. The van der Waals surface area contributed by atoms with E-state index in [1.807, 2.05) is 0 Å². The number of hydrogen-bond donors (Lipinski definition) is 1. The lowest BCUT2D eigenvalue weighted by atomic mass is 10.1. The van der Waals surface area contributed by atoms with Crippen molar-refractivity contribution in [2.75, 3.05) is 25.9 Å². The Morgan fingerprint density at radius 3 is 2.67 bits per heavy atom. The summed E-state index contributed by atoms with van der Waals surface area (Å²) in [6, 6.07) is 0.875. The molecule has 1 aliphatic heterocycles. The number of rotatable bonds is 4. The maximum absolute atomic E-state index is 3.67. The van der Waals surface area contributed by atoms with Crippen LogP contribution in [0.1, 0.15) is 46.5 Å². The Hall–Kier alpha value is 0.270. The summed E-state index contributed by atoms with van der Waals surface area (Å²) < 4.78 is 0. The van der Waals surface area contributed by atoms with Crippen LogP contribution in [-0.2, 0) is 0 Å². The molecule has 1 heterocycles. The molecule has 0 amide bonds.